The van der Waals surface area contributed by atoms with Crippen LogP contribution in [0.5, 0.6) is 0 Å². The first-order valence-corrected chi connectivity index (χ1v) is 9.40. The molecule has 0 aliphatic rings. The summed E-state index contributed by atoms with van der Waals surface area (Å²) in [5, 5.41) is 6.29. The molecular formula is C18H21N5OS. The molecule has 0 saturated carbocycles. The van der Waals surface area contributed by atoms with Crippen LogP contribution >= 0.6 is 11.8 Å². The van der Waals surface area contributed by atoms with Crippen molar-refractivity contribution in [1.82, 2.24) is 15.0 Å². The van der Waals surface area contributed by atoms with Crippen molar-refractivity contribution in [3.8, 4) is 0 Å². The monoisotopic (exact) mass is 355 g/mol. The number of imidazole rings is 1. The number of hydrogen-bond acceptors (Lipinski definition) is 5. The number of anilines is 3. The average molecular weight is 355 g/mol. The zero-order valence-electron chi connectivity index (χ0n) is 14.5. The van der Waals surface area contributed by atoms with Gasteiger partial charge in [0.05, 0.1) is 11.4 Å². The SMILES string of the molecule is CCCC(=O)Nc1cc(Nc2ccccc2SC)c2[nH]c(C)nc2n1. The molecular weight excluding hydrogens is 334 g/mol. The third kappa shape index (κ3) is 3.93. The topological polar surface area (TPSA) is 82.7 Å². The van der Waals surface area contributed by atoms with Gasteiger partial charge < -0.3 is 15.6 Å². The number of amides is 1. The number of thioether (sulfide) groups is 1. The van der Waals surface area contributed by atoms with Crippen molar-refractivity contribution in [3.63, 3.8) is 0 Å². The minimum absolute atomic E-state index is 0.0444. The predicted octanol–water partition coefficient (Wildman–Crippen LogP) is 4.47. The number of aromatic nitrogens is 3. The highest BCUT2D eigenvalue weighted by atomic mass is 32.2. The van der Waals surface area contributed by atoms with Gasteiger partial charge in [0.25, 0.3) is 0 Å². The first-order chi connectivity index (χ1) is 12.1. The van der Waals surface area contributed by atoms with Crippen LogP contribution in [0.4, 0.5) is 17.2 Å². The number of hydrogen-bond donors (Lipinski definition) is 3. The lowest BCUT2D eigenvalue weighted by Gasteiger charge is -2.12. The molecule has 0 fully saturated rings. The molecule has 2 aromatic heterocycles. The van der Waals surface area contributed by atoms with Crippen LogP contribution in [0.15, 0.2) is 35.2 Å². The number of aryl methyl sites for hydroxylation is 1. The van der Waals surface area contributed by atoms with E-state index in [1.165, 1.54) is 0 Å². The Morgan fingerprint density at radius 3 is 2.80 bits per heavy atom. The van der Waals surface area contributed by atoms with E-state index in [0.29, 0.717) is 17.9 Å². The summed E-state index contributed by atoms with van der Waals surface area (Å²) in [7, 11) is 0. The van der Waals surface area contributed by atoms with Crippen LogP contribution in [0.3, 0.4) is 0 Å². The van der Waals surface area contributed by atoms with E-state index in [1.54, 1.807) is 11.8 Å². The molecule has 0 atom stereocenters. The van der Waals surface area contributed by atoms with E-state index in [9.17, 15) is 4.79 Å². The van der Waals surface area contributed by atoms with Crippen molar-refractivity contribution >= 4 is 46.0 Å². The minimum Gasteiger partial charge on any atom is -0.353 e. The van der Waals surface area contributed by atoms with Crippen LogP contribution in [0.2, 0.25) is 0 Å². The molecule has 0 unspecified atom stereocenters. The third-order valence-corrected chi connectivity index (χ3v) is 4.50. The van der Waals surface area contributed by atoms with Crippen LogP contribution in [0.25, 0.3) is 11.2 Å². The van der Waals surface area contributed by atoms with Gasteiger partial charge in [-0.2, -0.15) is 0 Å². The van der Waals surface area contributed by atoms with Gasteiger partial charge >= 0.3 is 0 Å². The van der Waals surface area contributed by atoms with Crippen molar-refractivity contribution in [2.24, 2.45) is 0 Å². The molecule has 1 amide bonds. The Bertz CT molecular complexity index is 906. The van der Waals surface area contributed by atoms with Crippen molar-refractivity contribution in [2.45, 2.75) is 31.6 Å². The quantitative estimate of drug-likeness (QED) is 0.568. The maximum atomic E-state index is 11.9. The lowest BCUT2D eigenvalue weighted by molar-refractivity contribution is -0.116. The van der Waals surface area contributed by atoms with Crippen molar-refractivity contribution in [1.29, 1.82) is 0 Å². The summed E-state index contributed by atoms with van der Waals surface area (Å²) in [6.45, 7) is 3.86. The van der Waals surface area contributed by atoms with Gasteiger partial charge in [0.15, 0.2) is 5.65 Å². The minimum atomic E-state index is -0.0444. The Labute approximate surface area is 150 Å². The van der Waals surface area contributed by atoms with Crippen LogP contribution < -0.4 is 10.6 Å². The number of carbonyl (C=O) groups excluding carboxylic acids is 1. The van der Waals surface area contributed by atoms with E-state index >= 15 is 0 Å². The van der Waals surface area contributed by atoms with Gasteiger partial charge in [0.2, 0.25) is 5.91 Å². The molecule has 0 aliphatic heterocycles. The molecule has 0 radical (unpaired) electrons. The lowest BCUT2D eigenvalue weighted by Crippen LogP contribution is -2.12. The predicted molar refractivity (Wildman–Crippen MR) is 104 cm³/mol. The van der Waals surface area contributed by atoms with Crippen molar-refractivity contribution in [2.75, 3.05) is 16.9 Å². The summed E-state index contributed by atoms with van der Waals surface area (Å²) in [6, 6.07) is 9.92. The molecule has 2 heterocycles. The van der Waals surface area contributed by atoms with Gasteiger partial charge in [-0.3, -0.25) is 4.79 Å². The highest BCUT2D eigenvalue weighted by Crippen LogP contribution is 2.31. The number of nitrogens with zero attached hydrogens (tertiary/aromatic N) is 2. The fourth-order valence-electron chi connectivity index (χ4n) is 2.59. The molecule has 130 valence electrons. The Morgan fingerprint density at radius 1 is 1.24 bits per heavy atom. The normalized spacial score (nSPS) is 10.8. The lowest BCUT2D eigenvalue weighted by atomic mass is 10.2. The van der Waals surface area contributed by atoms with Crippen molar-refractivity contribution in [3.05, 3.63) is 36.2 Å². The molecule has 0 aliphatic carbocycles. The fourth-order valence-corrected chi connectivity index (χ4v) is 3.15. The zero-order valence-corrected chi connectivity index (χ0v) is 15.3. The van der Waals surface area contributed by atoms with E-state index in [0.717, 1.165) is 34.0 Å². The number of pyridine rings is 1. The maximum Gasteiger partial charge on any atom is 0.225 e. The summed E-state index contributed by atoms with van der Waals surface area (Å²) in [4.78, 5) is 25.1. The van der Waals surface area contributed by atoms with Crippen LogP contribution in [-0.4, -0.2) is 27.1 Å². The van der Waals surface area contributed by atoms with Gasteiger partial charge in [0.1, 0.15) is 17.2 Å². The number of benzene rings is 1. The molecule has 0 saturated heterocycles. The van der Waals surface area contributed by atoms with Gasteiger partial charge in [-0.25, -0.2) is 9.97 Å². The summed E-state index contributed by atoms with van der Waals surface area (Å²) in [6.07, 6.45) is 3.30. The summed E-state index contributed by atoms with van der Waals surface area (Å²) in [5.41, 5.74) is 3.23. The fraction of sp³-hybridized carbons (Fsp3) is 0.278. The Balaban J connectivity index is 2.01. The average Bonchev–Trinajstić information content (AvgIpc) is 2.96. The molecule has 0 bridgehead atoms. The molecule has 1 aromatic carbocycles. The van der Waals surface area contributed by atoms with E-state index in [4.69, 9.17) is 0 Å². The largest absolute Gasteiger partial charge is 0.353 e. The van der Waals surface area contributed by atoms with Gasteiger partial charge in [0, 0.05) is 17.4 Å². The number of para-hydroxylation sites is 1. The molecule has 3 rings (SSSR count). The molecule has 6 nitrogen and oxygen atoms in total. The number of nitrogens with one attached hydrogen (secondary N) is 3. The second-order valence-electron chi connectivity index (χ2n) is 5.70. The number of fused-ring (bicyclic) bond motifs is 1. The number of rotatable bonds is 6. The van der Waals surface area contributed by atoms with Gasteiger partial charge in [-0.1, -0.05) is 19.1 Å². The van der Waals surface area contributed by atoms with Crippen LogP contribution in [0, 0.1) is 6.92 Å². The molecule has 3 N–H and O–H groups in total. The van der Waals surface area contributed by atoms with Crippen molar-refractivity contribution < 1.29 is 4.79 Å². The van der Waals surface area contributed by atoms with Gasteiger partial charge in [-0.05, 0) is 31.7 Å². The second kappa shape index (κ2) is 7.57. The first-order valence-electron chi connectivity index (χ1n) is 8.18. The standard InChI is InChI=1S/C18H21N5OS/c1-4-7-16(24)22-15-10-13(17-18(23-15)20-11(2)19-17)21-12-8-5-6-9-14(12)25-3/h5-6,8-10H,4,7H2,1-3H3,(H3,19,20,21,22,23,24). The van der Waals surface area contributed by atoms with Crippen LogP contribution in [-0.2, 0) is 4.79 Å². The second-order valence-corrected chi connectivity index (χ2v) is 6.55. The van der Waals surface area contributed by atoms with E-state index in [-0.39, 0.29) is 5.91 Å². The van der Waals surface area contributed by atoms with Gasteiger partial charge in [-0.15, -0.1) is 11.8 Å². The molecule has 3 aromatic rings. The number of carbonyl (C=O) groups is 1. The summed E-state index contributed by atoms with van der Waals surface area (Å²) < 4.78 is 0. The Hall–Kier alpha value is -2.54. The van der Waals surface area contributed by atoms with Crippen LogP contribution in [0.1, 0.15) is 25.6 Å². The molecule has 25 heavy (non-hydrogen) atoms. The highest BCUT2D eigenvalue weighted by molar-refractivity contribution is 7.98. The third-order valence-electron chi connectivity index (χ3n) is 3.70. The highest BCUT2D eigenvalue weighted by Gasteiger charge is 2.13. The smallest absolute Gasteiger partial charge is 0.225 e. The number of aromatic amines is 1. The van der Waals surface area contributed by atoms with E-state index in [2.05, 4.69) is 31.7 Å². The zero-order chi connectivity index (χ0) is 17.8. The molecule has 7 heteroatoms. The summed E-state index contributed by atoms with van der Waals surface area (Å²) >= 11 is 1.67. The van der Waals surface area contributed by atoms with E-state index in [1.807, 2.05) is 44.4 Å². The maximum absolute atomic E-state index is 11.9. The summed E-state index contributed by atoms with van der Waals surface area (Å²) in [5.74, 6) is 1.24. The molecule has 0 spiro atoms. The van der Waals surface area contributed by atoms with E-state index < -0.39 is 0 Å². The number of H-pyrrole nitrogens is 1. The Morgan fingerprint density at radius 2 is 2.04 bits per heavy atom. The first kappa shape index (κ1) is 17.3. The Kier molecular flexibility index (Phi) is 5.23.